The molecule has 0 spiro atoms. The van der Waals surface area contributed by atoms with Gasteiger partial charge in [-0.1, -0.05) is 40.7 Å². The van der Waals surface area contributed by atoms with Crippen molar-refractivity contribution in [3.05, 3.63) is 58.9 Å². The lowest BCUT2D eigenvalue weighted by Crippen LogP contribution is -2.51. The molecule has 44 heavy (non-hydrogen) atoms. The number of carbonyl (C=O) groups excluding carboxylic acids is 1. The van der Waals surface area contributed by atoms with Crippen LogP contribution in [-0.2, 0) is 21.2 Å². The van der Waals surface area contributed by atoms with E-state index in [9.17, 15) is 4.79 Å². The van der Waals surface area contributed by atoms with E-state index in [1.54, 1.807) is 13.2 Å². The maximum absolute atomic E-state index is 16.6. The van der Waals surface area contributed by atoms with Crippen LogP contribution in [0.5, 0.6) is 17.2 Å². The van der Waals surface area contributed by atoms with Crippen LogP contribution in [-0.4, -0.2) is 63.9 Å². The van der Waals surface area contributed by atoms with Gasteiger partial charge in [0.05, 0.1) is 51.3 Å². The highest BCUT2D eigenvalue weighted by Crippen LogP contribution is 2.57. The van der Waals surface area contributed by atoms with Gasteiger partial charge in [-0.2, -0.15) is 0 Å². The van der Waals surface area contributed by atoms with E-state index in [1.807, 2.05) is 39.0 Å². The molecule has 0 saturated carbocycles. The lowest BCUT2D eigenvalue weighted by Gasteiger charge is -2.44. The number of halogens is 1. The van der Waals surface area contributed by atoms with E-state index in [1.165, 1.54) is 0 Å². The summed E-state index contributed by atoms with van der Waals surface area (Å²) in [6, 6.07) is 5.85. The van der Waals surface area contributed by atoms with E-state index in [-0.39, 0.29) is 23.5 Å². The molecule has 7 nitrogen and oxygen atoms in total. The minimum absolute atomic E-state index is 0.0460. The first-order valence-electron chi connectivity index (χ1n) is 16.0. The summed E-state index contributed by atoms with van der Waals surface area (Å²) >= 11 is 0. The Balaban J connectivity index is 1.89. The van der Waals surface area contributed by atoms with Gasteiger partial charge in [0.1, 0.15) is 5.75 Å². The molecule has 0 aromatic heterocycles. The Morgan fingerprint density at radius 2 is 1.68 bits per heavy atom. The summed E-state index contributed by atoms with van der Waals surface area (Å²) in [6.45, 7) is 23.8. The standard InChI is InChI=1S/C36H51FN2O5/c1-11-35(9)30-25(22-29(43-14-4)33(31(30)37)44-15-5)36(12-2,13-3)39(35)23-28(40)24-20-26(34(6,7)8)32(41-10)27(21-24)38-16-18-42-19-17-38/h11,20-22H,1,12-19,23H2,2-10H3. The summed E-state index contributed by atoms with van der Waals surface area (Å²) in [5.74, 6) is 0.777. The molecule has 8 heteroatoms. The van der Waals surface area contributed by atoms with Crippen molar-refractivity contribution in [1.82, 2.24) is 4.90 Å². The third kappa shape index (κ3) is 5.60. The van der Waals surface area contributed by atoms with Gasteiger partial charge in [0.2, 0.25) is 0 Å². The Morgan fingerprint density at radius 1 is 1.05 bits per heavy atom. The Labute approximate surface area is 263 Å². The zero-order chi connectivity index (χ0) is 32.4. The van der Waals surface area contributed by atoms with Crippen LogP contribution in [0, 0.1) is 5.82 Å². The number of ether oxygens (including phenoxy) is 4. The van der Waals surface area contributed by atoms with E-state index < -0.39 is 16.9 Å². The number of anilines is 1. The molecule has 4 rings (SSSR count). The largest absolute Gasteiger partial charge is 0.494 e. The van der Waals surface area contributed by atoms with Gasteiger partial charge < -0.3 is 23.8 Å². The molecule has 1 fully saturated rings. The molecule has 2 aliphatic rings. The quantitative estimate of drug-likeness (QED) is 0.184. The smallest absolute Gasteiger partial charge is 0.197 e. The summed E-state index contributed by atoms with van der Waals surface area (Å²) in [6.07, 6.45) is 3.10. The summed E-state index contributed by atoms with van der Waals surface area (Å²) in [5, 5.41) is 0. The number of benzene rings is 2. The number of fused-ring (bicyclic) bond motifs is 1. The number of ketones is 1. The average Bonchev–Trinajstić information content (AvgIpc) is 3.22. The maximum atomic E-state index is 16.6. The van der Waals surface area contributed by atoms with E-state index in [0.717, 1.165) is 22.6 Å². The maximum Gasteiger partial charge on any atom is 0.197 e. The van der Waals surface area contributed by atoms with Crippen LogP contribution in [0.15, 0.2) is 30.9 Å². The van der Waals surface area contributed by atoms with Crippen LogP contribution in [0.25, 0.3) is 0 Å². The van der Waals surface area contributed by atoms with Crippen molar-refractivity contribution in [3.63, 3.8) is 0 Å². The van der Waals surface area contributed by atoms with Crippen LogP contribution in [0.1, 0.15) is 95.3 Å². The first kappa shape index (κ1) is 33.8. The molecule has 1 saturated heterocycles. The van der Waals surface area contributed by atoms with E-state index in [4.69, 9.17) is 18.9 Å². The lowest BCUT2D eigenvalue weighted by atomic mass is 9.83. The fraction of sp³-hybridized carbons (Fsp3) is 0.583. The molecule has 1 unspecified atom stereocenters. The predicted octanol–water partition coefficient (Wildman–Crippen LogP) is 7.38. The number of morpholine rings is 1. The zero-order valence-electron chi connectivity index (χ0n) is 28.2. The topological polar surface area (TPSA) is 60.5 Å². The number of methoxy groups -OCH3 is 1. The van der Waals surface area contributed by atoms with Gasteiger partial charge in [-0.15, -0.1) is 6.58 Å². The lowest BCUT2D eigenvalue weighted by molar-refractivity contribution is 0.0255. The molecule has 2 aliphatic heterocycles. The van der Waals surface area contributed by atoms with Crippen molar-refractivity contribution in [2.45, 2.75) is 84.7 Å². The van der Waals surface area contributed by atoms with Gasteiger partial charge in [0, 0.05) is 35.3 Å². The molecule has 0 amide bonds. The number of hydrogen-bond donors (Lipinski definition) is 0. The van der Waals surface area contributed by atoms with Gasteiger partial charge in [0.25, 0.3) is 0 Å². The molecule has 1 atom stereocenters. The molecule has 2 aromatic rings. The first-order valence-corrected chi connectivity index (χ1v) is 16.0. The average molecular weight is 611 g/mol. The third-order valence-electron chi connectivity index (χ3n) is 9.48. The van der Waals surface area contributed by atoms with Crippen molar-refractivity contribution in [3.8, 4) is 17.2 Å². The van der Waals surface area contributed by atoms with E-state index in [0.29, 0.717) is 69.2 Å². The van der Waals surface area contributed by atoms with Gasteiger partial charge in [-0.25, -0.2) is 4.39 Å². The Bertz CT molecular complexity index is 1370. The van der Waals surface area contributed by atoms with Gasteiger partial charge in [-0.05, 0) is 62.8 Å². The Morgan fingerprint density at radius 3 is 2.20 bits per heavy atom. The fourth-order valence-electron chi connectivity index (χ4n) is 7.10. The van der Waals surface area contributed by atoms with Crippen molar-refractivity contribution in [1.29, 1.82) is 0 Å². The summed E-state index contributed by atoms with van der Waals surface area (Å²) in [7, 11) is 1.69. The molecule has 2 aromatic carbocycles. The second kappa shape index (κ2) is 13.1. The number of nitrogens with zero attached hydrogens (tertiary/aromatic N) is 2. The number of Topliss-reactive ketones (excluding diaryl/α,β-unsaturated/α-hetero) is 1. The predicted molar refractivity (Wildman–Crippen MR) is 174 cm³/mol. The molecular formula is C36H51FN2O5. The van der Waals surface area contributed by atoms with Crippen molar-refractivity contribution < 1.29 is 28.1 Å². The summed E-state index contributed by atoms with van der Waals surface area (Å²) in [4.78, 5) is 18.9. The number of hydrogen-bond acceptors (Lipinski definition) is 7. The monoisotopic (exact) mass is 610 g/mol. The second-order valence-electron chi connectivity index (χ2n) is 12.8. The highest BCUT2D eigenvalue weighted by atomic mass is 19.1. The fourth-order valence-corrected chi connectivity index (χ4v) is 7.10. The minimum Gasteiger partial charge on any atom is -0.494 e. The molecule has 0 bridgehead atoms. The first-order chi connectivity index (χ1) is 20.9. The zero-order valence-corrected chi connectivity index (χ0v) is 28.2. The molecule has 2 heterocycles. The molecule has 0 N–H and O–H groups in total. The molecule has 242 valence electrons. The van der Waals surface area contributed by atoms with Gasteiger partial charge in [-0.3, -0.25) is 9.69 Å². The van der Waals surface area contributed by atoms with Gasteiger partial charge >= 0.3 is 0 Å². The van der Waals surface area contributed by atoms with Crippen molar-refractivity contribution in [2.75, 3.05) is 58.1 Å². The summed E-state index contributed by atoms with van der Waals surface area (Å²) in [5.41, 5.74) is 1.92. The Kier molecular flexibility index (Phi) is 10.1. The minimum atomic E-state index is -0.968. The third-order valence-corrected chi connectivity index (χ3v) is 9.48. The SMILES string of the molecule is C=CC1(C)c2c(cc(OCC)c(OCC)c2F)C(CC)(CC)N1CC(=O)c1cc(N2CCOCC2)c(OC)c(C(C)(C)C)c1. The Hall–Kier alpha value is -3.10. The van der Waals surface area contributed by atoms with Crippen molar-refractivity contribution in [2.24, 2.45) is 0 Å². The van der Waals surface area contributed by atoms with Crippen LogP contribution in [0.4, 0.5) is 10.1 Å². The van der Waals surface area contributed by atoms with Crippen molar-refractivity contribution >= 4 is 11.5 Å². The molecular weight excluding hydrogens is 559 g/mol. The highest BCUT2D eigenvalue weighted by Gasteiger charge is 2.56. The summed E-state index contributed by atoms with van der Waals surface area (Å²) < 4.78 is 39.9. The highest BCUT2D eigenvalue weighted by molar-refractivity contribution is 5.99. The second-order valence-corrected chi connectivity index (χ2v) is 12.8. The normalized spacial score (nSPS) is 19.9. The van der Waals surface area contributed by atoms with Crippen LogP contribution in [0.2, 0.25) is 0 Å². The number of rotatable bonds is 12. The van der Waals surface area contributed by atoms with Gasteiger partial charge in [0.15, 0.2) is 23.1 Å². The van der Waals surface area contributed by atoms with Crippen LogP contribution >= 0.6 is 0 Å². The van der Waals surface area contributed by atoms with E-state index >= 15 is 4.39 Å². The molecule has 0 radical (unpaired) electrons. The van der Waals surface area contributed by atoms with Crippen LogP contribution < -0.4 is 19.1 Å². The molecule has 0 aliphatic carbocycles. The number of carbonyl (C=O) groups is 1. The van der Waals surface area contributed by atoms with E-state index in [2.05, 4.69) is 51.0 Å². The van der Waals surface area contributed by atoms with Crippen LogP contribution in [0.3, 0.4) is 0 Å².